The lowest BCUT2D eigenvalue weighted by molar-refractivity contribution is 0.0674. The van der Waals surface area contributed by atoms with Crippen LogP contribution in [0.4, 0.5) is 0 Å². The van der Waals surface area contributed by atoms with Crippen LogP contribution in [0.3, 0.4) is 0 Å². The number of nitrogens with zero attached hydrogens (tertiary/aromatic N) is 5. The maximum absolute atomic E-state index is 12.6. The first-order valence-electron chi connectivity index (χ1n) is 7.93. The summed E-state index contributed by atoms with van der Waals surface area (Å²) in [6, 6.07) is 1.88. The van der Waals surface area contributed by atoms with Crippen LogP contribution in [0, 0.1) is 0 Å². The van der Waals surface area contributed by atoms with Crippen LogP contribution in [0.5, 0.6) is 0 Å². The van der Waals surface area contributed by atoms with Gasteiger partial charge in [0, 0.05) is 51.7 Å². The van der Waals surface area contributed by atoms with Gasteiger partial charge in [0.2, 0.25) is 0 Å². The topological polar surface area (TPSA) is 78.9 Å². The third kappa shape index (κ3) is 3.69. The molecule has 0 spiro atoms. The first kappa shape index (κ1) is 16.7. The lowest BCUT2D eigenvalue weighted by atomic mass is 10.2. The van der Waals surface area contributed by atoms with Crippen LogP contribution in [-0.4, -0.2) is 84.4 Å². The fraction of sp³-hybridized carbons (Fsp3) is 0.714. The van der Waals surface area contributed by atoms with Crippen molar-refractivity contribution in [3.63, 3.8) is 0 Å². The molecule has 2 fully saturated rings. The van der Waals surface area contributed by atoms with E-state index in [1.807, 2.05) is 0 Å². The fourth-order valence-electron chi connectivity index (χ4n) is 2.95. The highest BCUT2D eigenvalue weighted by Gasteiger charge is 2.34. The molecule has 0 amide bonds. The summed E-state index contributed by atoms with van der Waals surface area (Å²) in [7, 11) is -3.37. The molecule has 0 aromatic carbocycles. The molecule has 1 unspecified atom stereocenters. The SMILES string of the molecule is CC(c1ncccn1)N1CCN(S(=O)(=O)N2CCOCC2)CC1. The molecule has 2 aliphatic rings. The number of hydrogen-bond donors (Lipinski definition) is 0. The van der Waals surface area contributed by atoms with Crippen molar-refractivity contribution in [1.29, 1.82) is 0 Å². The Morgan fingerprint density at radius 3 is 2.17 bits per heavy atom. The second-order valence-electron chi connectivity index (χ2n) is 5.74. The van der Waals surface area contributed by atoms with Crippen LogP contribution >= 0.6 is 0 Å². The van der Waals surface area contributed by atoms with Crippen LogP contribution in [-0.2, 0) is 14.9 Å². The van der Waals surface area contributed by atoms with Crippen LogP contribution < -0.4 is 0 Å². The standard InChI is InChI=1S/C14H23N5O3S/c1-13(14-15-3-2-4-16-14)17-5-7-18(8-6-17)23(20,21)19-9-11-22-12-10-19/h2-4,13H,5-12H2,1H3. The zero-order valence-corrected chi connectivity index (χ0v) is 14.2. The first-order chi connectivity index (χ1) is 11.1. The third-order valence-corrected chi connectivity index (χ3v) is 6.44. The smallest absolute Gasteiger partial charge is 0.282 e. The van der Waals surface area contributed by atoms with Crippen LogP contribution in [0.25, 0.3) is 0 Å². The molecule has 0 N–H and O–H groups in total. The summed E-state index contributed by atoms with van der Waals surface area (Å²) in [5.41, 5.74) is 0. The van der Waals surface area contributed by atoms with E-state index < -0.39 is 10.2 Å². The minimum Gasteiger partial charge on any atom is -0.379 e. The quantitative estimate of drug-likeness (QED) is 0.750. The molecule has 0 saturated carbocycles. The highest BCUT2D eigenvalue weighted by Crippen LogP contribution is 2.20. The van der Waals surface area contributed by atoms with E-state index in [1.54, 1.807) is 22.8 Å². The lowest BCUT2D eigenvalue weighted by Crippen LogP contribution is -2.55. The molecule has 0 radical (unpaired) electrons. The average molecular weight is 341 g/mol. The summed E-state index contributed by atoms with van der Waals surface area (Å²) in [5.74, 6) is 0.775. The highest BCUT2D eigenvalue weighted by molar-refractivity contribution is 7.86. The van der Waals surface area contributed by atoms with Gasteiger partial charge in [-0.1, -0.05) is 0 Å². The minimum atomic E-state index is -3.37. The second kappa shape index (κ2) is 7.18. The Labute approximate surface area is 137 Å². The number of ether oxygens (including phenoxy) is 1. The molecule has 8 nitrogen and oxygen atoms in total. The Kier molecular flexibility index (Phi) is 5.22. The van der Waals surface area contributed by atoms with Gasteiger partial charge in [0.05, 0.1) is 19.3 Å². The van der Waals surface area contributed by atoms with Crippen molar-refractivity contribution in [3.8, 4) is 0 Å². The number of morpholine rings is 1. The fourth-order valence-corrected chi connectivity index (χ4v) is 4.51. The van der Waals surface area contributed by atoms with E-state index in [4.69, 9.17) is 4.74 Å². The van der Waals surface area contributed by atoms with Gasteiger partial charge >= 0.3 is 0 Å². The van der Waals surface area contributed by atoms with E-state index in [2.05, 4.69) is 21.8 Å². The van der Waals surface area contributed by atoms with Gasteiger partial charge in [0.1, 0.15) is 5.82 Å². The van der Waals surface area contributed by atoms with E-state index in [0.29, 0.717) is 52.5 Å². The number of rotatable bonds is 4. The van der Waals surface area contributed by atoms with Crippen LogP contribution in [0.2, 0.25) is 0 Å². The molecule has 9 heteroatoms. The molecule has 23 heavy (non-hydrogen) atoms. The summed E-state index contributed by atoms with van der Waals surface area (Å²) in [6.07, 6.45) is 3.47. The summed E-state index contributed by atoms with van der Waals surface area (Å²) in [6.45, 7) is 6.25. The van der Waals surface area contributed by atoms with Gasteiger partial charge in [0.25, 0.3) is 10.2 Å². The summed E-state index contributed by atoms with van der Waals surface area (Å²) in [5, 5.41) is 0. The number of aromatic nitrogens is 2. The first-order valence-corrected chi connectivity index (χ1v) is 9.32. The van der Waals surface area contributed by atoms with Crippen molar-refractivity contribution in [1.82, 2.24) is 23.5 Å². The third-order valence-electron chi connectivity index (χ3n) is 4.40. The van der Waals surface area contributed by atoms with Gasteiger partial charge in [-0.25, -0.2) is 9.97 Å². The lowest BCUT2D eigenvalue weighted by Gasteiger charge is -2.39. The van der Waals surface area contributed by atoms with Gasteiger partial charge in [-0.2, -0.15) is 17.0 Å². The van der Waals surface area contributed by atoms with Gasteiger partial charge in [-0.3, -0.25) is 4.90 Å². The van der Waals surface area contributed by atoms with Gasteiger partial charge < -0.3 is 4.74 Å². The molecule has 0 bridgehead atoms. The van der Waals surface area contributed by atoms with Crippen LogP contribution in [0.15, 0.2) is 18.5 Å². The molecular formula is C14H23N5O3S. The Hall–Kier alpha value is -1.13. The van der Waals surface area contributed by atoms with Gasteiger partial charge in [-0.15, -0.1) is 0 Å². The Bertz CT molecular complexity index is 598. The predicted molar refractivity (Wildman–Crippen MR) is 84.9 cm³/mol. The van der Waals surface area contributed by atoms with Gasteiger partial charge in [-0.05, 0) is 13.0 Å². The molecule has 3 heterocycles. The van der Waals surface area contributed by atoms with Crippen molar-refractivity contribution >= 4 is 10.2 Å². The van der Waals surface area contributed by atoms with E-state index in [9.17, 15) is 8.42 Å². The molecule has 1 aromatic heterocycles. The number of piperazine rings is 1. The maximum Gasteiger partial charge on any atom is 0.282 e. The Morgan fingerprint density at radius 1 is 1.00 bits per heavy atom. The zero-order chi connectivity index (χ0) is 16.3. The van der Waals surface area contributed by atoms with Crippen LogP contribution in [0.1, 0.15) is 18.8 Å². The van der Waals surface area contributed by atoms with E-state index in [0.717, 1.165) is 5.82 Å². The number of hydrogen-bond acceptors (Lipinski definition) is 6. The molecule has 2 saturated heterocycles. The Balaban J connectivity index is 1.59. The summed E-state index contributed by atoms with van der Waals surface area (Å²) in [4.78, 5) is 10.8. The largest absolute Gasteiger partial charge is 0.379 e. The molecule has 2 aliphatic heterocycles. The molecular weight excluding hydrogens is 318 g/mol. The predicted octanol–water partition coefficient (Wildman–Crippen LogP) is -0.268. The molecule has 1 atom stereocenters. The molecule has 0 aliphatic carbocycles. The zero-order valence-electron chi connectivity index (χ0n) is 13.3. The summed E-state index contributed by atoms with van der Waals surface area (Å²) >= 11 is 0. The van der Waals surface area contributed by atoms with E-state index >= 15 is 0 Å². The molecule has 1 aromatic rings. The van der Waals surface area contributed by atoms with E-state index in [1.165, 1.54) is 4.31 Å². The summed E-state index contributed by atoms with van der Waals surface area (Å²) < 4.78 is 33.6. The maximum atomic E-state index is 12.6. The molecule has 3 rings (SSSR count). The average Bonchev–Trinajstić information content (AvgIpc) is 2.63. The van der Waals surface area contributed by atoms with Gasteiger partial charge in [0.15, 0.2) is 0 Å². The highest BCUT2D eigenvalue weighted by atomic mass is 32.2. The second-order valence-corrected chi connectivity index (χ2v) is 7.67. The van der Waals surface area contributed by atoms with Crippen molar-refractivity contribution in [2.75, 3.05) is 52.5 Å². The van der Waals surface area contributed by atoms with Crippen molar-refractivity contribution < 1.29 is 13.2 Å². The van der Waals surface area contributed by atoms with E-state index in [-0.39, 0.29) is 6.04 Å². The monoisotopic (exact) mass is 341 g/mol. The van der Waals surface area contributed by atoms with Crippen molar-refractivity contribution in [3.05, 3.63) is 24.3 Å². The molecule has 128 valence electrons. The normalized spacial score (nSPS) is 23.7. The Morgan fingerprint density at radius 2 is 1.57 bits per heavy atom. The van der Waals surface area contributed by atoms with Crippen molar-refractivity contribution in [2.45, 2.75) is 13.0 Å². The van der Waals surface area contributed by atoms with Crippen molar-refractivity contribution in [2.24, 2.45) is 0 Å². The minimum absolute atomic E-state index is 0.0874.